The zero-order valence-corrected chi connectivity index (χ0v) is 19.9. The molecule has 2 aliphatic rings. The Bertz CT molecular complexity index is 391. The third-order valence-corrected chi connectivity index (χ3v) is 6.94. The summed E-state index contributed by atoms with van der Waals surface area (Å²) in [4.78, 5) is 0. The smallest absolute Gasteiger partial charge is 0.373 e. The summed E-state index contributed by atoms with van der Waals surface area (Å²) in [7, 11) is -1.91. The highest BCUT2D eigenvalue weighted by molar-refractivity contribution is 6.36. The zero-order valence-electron chi connectivity index (χ0n) is 18.8. The van der Waals surface area contributed by atoms with Crippen molar-refractivity contribution in [2.75, 3.05) is 0 Å². The van der Waals surface area contributed by atoms with E-state index in [2.05, 4.69) is 12.2 Å². The van der Waals surface area contributed by atoms with Crippen LogP contribution in [-0.4, -0.2) is 27.8 Å². The number of rotatable bonds is 7. The molecule has 0 aromatic rings. The first kappa shape index (κ1) is 24.6. The van der Waals surface area contributed by atoms with Gasteiger partial charge in [0.15, 0.2) is 0 Å². The predicted molar refractivity (Wildman–Crippen MR) is 118 cm³/mol. The second kappa shape index (κ2) is 14.6. The summed E-state index contributed by atoms with van der Waals surface area (Å²) >= 11 is 0. The first-order valence-electron chi connectivity index (χ1n) is 11.2. The SMILES string of the molecule is C1=C(C2=CCCCCC2)CCCCC1.CC(C)O[SiH](OC(C)C)OC(C)C. The largest absolute Gasteiger partial charge is 0.484 e. The van der Waals surface area contributed by atoms with Gasteiger partial charge in [-0.25, -0.2) is 0 Å². The van der Waals surface area contributed by atoms with Crippen LogP contribution in [0.25, 0.3) is 0 Å². The van der Waals surface area contributed by atoms with E-state index in [-0.39, 0.29) is 18.3 Å². The lowest BCUT2D eigenvalue weighted by Crippen LogP contribution is -2.34. The summed E-state index contributed by atoms with van der Waals surface area (Å²) in [6.45, 7) is 12.0. The van der Waals surface area contributed by atoms with Gasteiger partial charge in [-0.3, -0.25) is 0 Å². The van der Waals surface area contributed by atoms with Gasteiger partial charge in [-0.1, -0.05) is 25.0 Å². The fourth-order valence-corrected chi connectivity index (χ4v) is 4.90. The molecule has 0 aromatic heterocycles. The molecule has 0 heterocycles. The van der Waals surface area contributed by atoms with Gasteiger partial charge < -0.3 is 13.3 Å². The molecule has 158 valence electrons. The molecule has 3 nitrogen and oxygen atoms in total. The van der Waals surface area contributed by atoms with Crippen molar-refractivity contribution in [2.24, 2.45) is 0 Å². The molecule has 0 aromatic carbocycles. The van der Waals surface area contributed by atoms with Crippen molar-refractivity contribution in [3.8, 4) is 0 Å². The molecule has 0 unspecified atom stereocenters. The van der Waals surface area contributed by atoms with E-state index in [4.69, 9.17) is 13.3 Å². The molecule has 0 saturated carbocycles. The standard InChI is InChI=1S/C14H22.C9H22O3Si/c1-2-6-10-13(9-5-1)14-11-7-3-4-8-12-14;1-7(2)10-13(11-8(3)4)12-9(5)6/h9,11H,1-8,10,12H2;7-9,13H,1-6H3. The molecule has 0 bridgehead atoms. The average molecular weight is 397 g/mol. The first-order valence-corrected chi connectivity index (χ1v) is 12.6. The lowest BCUT2D eigenvalue weighted by Gasteiger charge is -2.22. The van der Waals surface area contributed by atoms with E-state index in [1.165, 1.54) is 64.2 Å². The fourth-order valence-electron chi connectivity index (χ4n) is 3.38. The summed E-state index contributed by atoms with van der Waals surface area (Å²) in [5.74, 6) is 0. The normalized spacial score (nSPS) is 18.7. The van der Waals surface area contributed by atoms with Crippen LogP contribution in [0.2, 0.25) is 0 Å². The molecule has 0 fully saturated rings. The molecule has 27 heavy (non-hydrogen) atoms. The van der Waals surface area contributed by atoms with Crippen LogP contribution < -0.4 is 0 Å². The lowest BCUT2D eigenvalue weighted by molar-refractivity contribution is 0.0335. The number of hydrogen-bond donors (Lipinski definition) is 0. The highest BCUT2D eigenvalue weighted by atomic mass is 28.3. The van der Waals surface area contributed by atoms with E-state index in [0.29, 0.717) is 0 Å². The van der Waals surface area contributed by atoms with Gasteiger partial charge in [0.2, 0.25) is 0 Å². The van der Waals surface area contributed by atoms with Gasteiger partial charge in [-0.05, 0) is 104 Å². The molecule has 2 aliphatic carbocycles. The van der Waals surface area contributed by atoms with Crippen LogP contribution in [0.15, 0.2) is 23.3 Å². The molecular formula is C23H44O3Si. The Morgan fingerprint density at radius 2 is 0.963 bits per heavy atom. The maximum Gasteiger partial charge on any atom is 0.484 e. The summed E-state index contributed by atoms with van der Waals surface area (Å²) in [5.41, 5.74) is 3.40. The average Bonchev–Trinajstić information content (AvgIpc) is 2.98. The van der Waals surface area contributed by atoms with Crippen LogP contribution in [0, 0.1) is 0 Å². The highest BCUT2D eigenvalue weighted by Gasteiger charge is 2.20. The topological polar surface area (TPSA) is 27.7 Å². The van der Waals surface area contributed by atoms with Gasteiger partial charge in [-0.2, -0.15) is 0 Å². The third kappa shape index (κ3) is 12.6. The quantitative estimate of drug-likeness (QED) is 0.446. The molecule has 0 aliphatic heterocycles. The van der Waals surface area contributed by atoms with Crippen LogP contribution in [0.5, 0.6) is 0 Å². The Labute approximate surface area is 170 Å². The van der Waals surface area contributed by atoms with Gasteiger partial charge in [0.25, 0.3) is 0 Å². The van der Waals surface area contributed by atoms with Gasteiger partial charge in [-0.15, -0.1) is 0 Å². The molecule has 0 N–H and O–H groups in total. The molecule has 0 atom stereocenters. The van der Waals surface area contributed by atoms with Crippen LogP contribution in [0.4, 0.5) is 0 Å². The van der Waals surface area contributed by atoms with Crippen molar-refractivity contribution in [2.45, 2.75) is 124 Å². The predicted octanol–water partition coefficient (Wildman–Crippen LogP) is 6.75. The van der Waals surface area contributed by atoms with Crippen molar-refractivity contribution < 1.29 is 13.3 Å². The molecule has 0 radical (unpaired) electrons. The van der Waals surface area contributed by atoms with Crippen molar-refractivity contribution in [3.63, 3.8) is 0 Å². The molecule has 0 spiro atoms. The fraction of sp³-hybridized carbons (Fsp3) is 0.826. The first-order chi connectivity index (χ1) is 12.9. The van der Waals surface area contributed by atoms with Crippen molar-refractivity contribution in [3.05, 3.63) is 23.3 Å². The van der Waals surface area contributed by atoms with Crippen molar-refractivity contribution in [1.29, 1.82) is 0 Å². The summed E-state index contributed by atoms with van der Waals surface area (Å²) in [5, 5.41) is 0. The van der Waals surface area contributed by atoms with Crippen LogP contribution in [0.3, 0.4) is 0 Å². The van der Waals surface area contributed by atoms with Crippen LogP contribution in [-0.2, 0) is 13.3 Å². The molecule has 4 heteroatoms. The van der Waals surface area contributed by atoms with Gasteiger partial charge >= 0.3 is 9.53 Å². The molecule has 2 rings (SSSR count). The minimum absolute atomic E-state index is 0.175. The van der Waals surface area contributed by atoms with E-state index < -0.39 is 9.53 Å². The van der Waals surface area contributed by atoms with Crippen molar-refractivity contribution in [1.82, 2.24) is 0 Å². The van der Waals surface area contributed by atoms with E-state index in [0.717, 1.165) is 0 Å². The Kier molecular flexibility index (Phi) is 13.3. The number of hydrogen-bond acceptors (Lipinski definition) is 3. The minimum Gasteiger partial charge on any atom is -0.373 e. The summed E-state index contributed by atoms with van der Waals surface area (Å²) in [6, 6.07) is 0. The molecular weight excluding hydrogens is 352 g/mol. The third-order valence-electron chi connectivity index (χ3n) is 4.64. The van der Waals surface area contributed by atoms with E-state index in [9.17, 15) is 0 Å². The van der Waals surface area contributed by atoms with E-state index in [1.807, 2.05) is 41.5 Å². The lowest BCUT2D eigenvalue weighted by atomic mass is 9.97. The van der Waals surface area contributed by atoms with Gasteiger partial charge in [0.05, 0.1) is 0 Å². The van der Waals surface area contributed by atoms with Gasteiger partial charge in [0.1, 0.15) is 0 Å². The Morgan fingerprint density at radius 3 is 1.30 bits per heavy atom. The van der Waals surface area contributed by atoms with E-state index in [1.54, 1.807) is 11.1 Å². The monoisotopic (exact) mass is 396 g/mol. The number of allylic oxidation sites excluding steroid dienone is 4. The molecule has 0 saturated heterocycles. The van der Waals surface area contributed by atoms with Crippen LogP contribution >= 0.6 is 0 Å². The minimum atomic E-state index is -1.91. The summed E-state index contributed by atoms with van der Waals surface area (Å²) in [6.07, 6.45) is 19.5. The second-order valence-corrected chi connectivity index (χ2v) is 9.89. The second-order valence-electron chi connectivity index (χ2n) is 8.50. The Balaban J connectivity index is 0.000000271. The van der Waals surface area contributed by atoms with Crippen molar-refractivity contribution >= 4 is 9.53 Å². The van der Waals surface area contributed by atoms with Crippen LogP contribution in [0.1, 0.15) is 106 Å². The maximum atomic E-state index is 5.57. The Hall–Kier alpha value is -0.423. The Morgan fingerprint density at radius 1 is 0.593 bits per heavy atom. The van der Waals surface area contributed by atoms with E-state index >= 15 is 0 Å². The molecule has 0 amide bonds. The highest BCUT2D eigenvalue weighted by Crippen LogP contribution is 2.29. The summed E-state index contributed by atoms with van der Waals surface area (Å²) < 4.78 is 16.7. The van der Waals surface area contributed by atoms with Gasteiger partial charge in [0, 0.05) is 18.3 Å². The zero-order chi connectivity index (χ0) is 20.1. The maximum absolute atomic E-state index is 5.57.